The summed E-state index contributed by atoms with van der Waals surface area (Å²) in [4.78, 5) is 5.84. The van der Waals surface area contributed by atoms with Crippen LogP contribution in [-0.4, -0.2) is 43.7 Å². The average Bonchev–Trinajstić information content (AvgIpc) is 2.45. The van der Waals surface area contributed by atoms with Crippen LogP contribution in [0.15, 0.2) is 4.99 Å². The van der Waals surface area contributed by atoms with Gasteiger partial charge in [0, 0.05) is 20.1 Å². The lowest BCUT2D eigenvalue weighted by atomic mass is 10.2. The van der Waals surface area contributed by atoms with E-state index in [-0.39, 0.29) is 30.5 Å². The van der Waals surface area contributed by atoms with Gasteiger partial charge in [-0.3, -0.25) is 4.99 Å². The van der Waals surface area contributed by atoms with Crippen LogP contribution in [0.5, 0.6) is 0 Å². The quantitative estimate of drug-likeness (QED) is 0.777. The Balaban J connectivity index is 0.00000196. The number of rotatable bonds is 2. The molecule has 1 aliphatic rings. The van der Waals surface area contributed by atoms with Gasteiger partial charge >= 0.3 is 6.18 Å². The molecule has 0 bridgehead atoms. The van der Waals surface area contributed by atoms with Gasteiger partial charge in [-0.05, 0) is 0 Å². The Labute approximate surface area is 104 Å². The van der Waals surface area contributed by atoms with E-state index in [4.69, 9.17) is 0 Å². The van der Waals surface area contributed by atoms with E-state index < -0.39 is 12.1 Å². The predicted molar refractivity (Wildman–Crippen MR) is 63.6 cm³/mol. The molecule has 1 unspecified atom stereocenters. The zero-order chi connectivity index (χ0) is 10.8. The van der Waals surface area contributed by atoms with Gasteiger partial charge in [0.05, 0.1) is 12.5 Å². The predicted octanol–water partition coefficient (Wildman–Crippen LogP) is 1.69. The molecule has 90 valence electrons. The number of likely N-dealkylation sites (N-methyl/N-ethyl adjacent to an activating group) is 1. The number of hydrogen-bond donors (Lipinski definition) is 1. The molecule has 0 aromatic heterocycles. The molecule has 0 aromatic rings. The molecule has 0 amide bonds. The maximum absolute atomic E-state index is 12.1. The number of aliphatic imine (C=N–C) groups is 1. The maximum atomic E-state index is 12.1. The molecule has 1 N–H and O–H groups in total. The molecular weight excluding hydrogens is 322 g/mol. The average molecular weight is 337 g/mol. The van der Waals surface area contributed by atoms with E-state index in [2.05, 4.69) is 10.3 Å². The zero-order valence-electron chi connectivity index (χ0n) is 8.64. The fourth-order valence-electron chi connectivity index (χ4n) is 1.08. The summed E-state index contributed by atoms with van der Waals surface area (Å²) >= 11 is 0. The van der Waals surface area contributed by atoms with Crippen LogP contribution < -0.4 is 5.32 Å². The molecule has 0 saturated carbocycles. The van der Waals surface area contributed by atoms with Crippen LogP contribution in [0.1, 0.15) is 6.92 Å². The Hall–Kier alpha value is -0.210. The van der Waals surface area contributed by atoms with Crippen molar-refractivity contribution in [3.63, 3.8) is 0 Å². The molecule has 0 saturated heterocycles. The van der Waals surface area contributed by atoms with Gasteiger partial charge in [0.2, 0.25) is 0 Å². The van der Waals surface area contributed by atoms with Crippen molar-refractivity contribution in [2.45, 2.75) is 13.1 Å². The van der Waals surface area contributed by atoms with Crippen molar-refractivity contribution < 1.29 is 13.2 Å². The number of guanidine groups is 1. The van der Waals surface area contributed by atoms with Crippen molar-refractivity contribution >= 4 is 29.9 Å². The second kappa shape index (κ2) is 5.76. The van der Waals surface area contributed by atoms with Crippen molar-refractivity contribution in [2.24, 2.45) is 10.9 Å². The van der Waals surface area contributed by atoms with Gasteiger partial charge in [-0.1, -0.05) is 6.92 Å². The summed E-state index contributed by atoms with van der Waals surface area (Å²) in [5.41, 5.74) is 0. The molecule has 7 heteroatoms. The second-order valence-corrected chi connectivity index (χ2v) is 3.45. The standard InChI is InChI=1S/C8H14F3N3.HI/c1-6(8(9,10)11)5-13-7-12-3-4-14(7)2;/h6H,3-5H2,1-2H3,(H,12,13);1H. The van der Waals surface area contributed by atoms with E-state index in [1.54, 1.807) is 7.05 Å². The fourth-order valence-corrected chi connectivity index (χ4v) is 1.08. The third-order valence-corrected chi connectivity index (χ3v) is 2.18. The lowest BCUT2D eigenvalue weighted by Gasteiger charge is -2.19. The van der Waals surface area contributed by atoms with Gasteiger partial charge in [0.25, 0.3) is 0 Å². The zero-order valence-corrected chi connectivity index (χ0v) is 11.0. The van der Waals surface area contributed by atoms with Gasteiger partial charge in [0.1, 0.15) is 0 Å². The number of halogens is 4. The summed E-state index contributed by atoms with van der Waals surface area (Å²) in [6, 6.07) is 0. The summed E-state index contributed by atoms with van der Waals surface area (Å²) in [6.45, 7) is 2.46. The normalized spacial score (nSPS) is 18.2. The summed E-state index contributed by atoms with van der Waals surface area (Å²) in [5, 5.41) is 2.69. The summed E-state index contributed by atoms with van der Waals surface area (Å²) in [7, 11) is 1.80. The first-order valence-corrected chi connectivity index (χ1v) is 4.47. The van der Waals surface area contributed by atoms with Crippen LogP contribution in [0, 0.1) is 5.92 Å². The smallest absolute Gasteiger partial charge is 0.356 e. The molecule has 1 atom stereocenters. The van der Waals surface area contributed by atoms with Gasteiger partial charge in [-0.15, -0.1) is 24.0 Å². The van der Waals surface area contributed by atoms with Crippen LogP contribution in [0.2, 0.25) is 0 Å². The highest BCUT2D eigenvalue weighted by atomic mass is 127. The monoisotopic (exact) mass is 337 g/mol. The van der Waals surface area contributed by atoms with Crippen LogP contribution in [0.25, 0.3) is 0 Å². The van der Waals surface area contributed by atoms with Crippen LogP contribution in [-0.2, 0) is 0 Å². The minimum Gasteiger partial charge on any atom is -0.356 e. The second-order valence-electron chi connectivity index (χ2n) is 3.45. The van der Waals surface area contributed by atoms with E-state index in [0.29, 0.717) is 12.5 Å². The summed E-state index contributed by atoms with van der Waals surface area (Å²) < 4.78 is 36.4. The molecule has 3 nitrogen and oxygen atoms in total. The Kier molecular flexibility index (Phi) is 5.68. The van der Waals surface area contributed by atoms with E-state index >= 15 is 0 Å². The third-order valence-electron chi connectivity index (χ3n) is 2.18. The van der Waals surface area contributed by atoms with E-state index in [1.807, 2.05) is 4.90 Å². The SMILES string of the molecule is CC(CNC1=NCCN1C)C(F)(F)F.I. The molecular formula is C8H15F3IN3. The first kappa shape index (κ1) is 14.8. The van der Waals surface area contributed by atoms with Crippen molar-refractivity contribution in [1.82, 2.24) is 10.2 Å². The highest BCUT2D eigenvalue weighted by Crippen LogP contribution is 2.24. The molecule has 0 aromatic carbocycles. The van der Waals surface area contributed by atoms with Crippen molar-refractivity contribution in [2.75, 3.05) is 26.7 Å². The Morgan fingerprint density at radius 3 is 2.53 bits per heavy atom. The van der Waals surface area contributed by atoms with E-state index in [9.17, 15) is 13.2 Å². The Morgan fingerprint density at radius 2 is 2.13 bits per heavy atom. The first-order chi connectivity index (χ1) is 6.41. The minimum absolute atomic E-state index is 0. The highest BCUT2D eigenvalue weighted by molar-refractivity contribution is 14.0. The third kappa shape index (κ3) is 4.43. The van der Waals surface area contributed by atoms with Crippen LogP contribution in [0.3, 0.4) is 0 Å². The number of nitrogens with zero attached hydrogens (tertiary/aromatic N) is 2. The number of nitrogens with one attached hydrogen (secondary N) is 1. The number of hydrogen-bond acceptors (Lipinski definition) is 3. The topological polar surface area (TPSA) is 27.6 Å². The highest BCUT2D eigenvalue weighted by Gasteiger charge is 2.35. The molecule has 1 aliphatic heterocycles. The van der Waals surface area contributed by atoms with E-state index in [0.717, 1.165) is 13.5 Å². The maximum Gasteiger partial charge on any atom is 0.393 e. The molecule has 0 aliphatic carbocycles. The Bertz CT molecular complexity index is 230. The van der Waals surface area contributed by atoms with Crippen LogP contribution in [0.4, 0.5) is 13.2 Å². The molecule has 15 heavy (non-hydrogen) atoms. The van der Waals surface area contributed by atoms with Crippen molar-refractivity contribution in [3.05, 3.63) is 0 Å². The lowest BCUT2D eigenvalue weighted by Crippen LogP contribution is -2.40. The molecule has 0 spiro atoms. The van der Waals surface area contributed by atoms with Gasteiger partial charge in [0.15, 0.2) is 5.96 Å². The first-order valence-electron chi connectivity index (χ1n) is 4.47. The summed E-state index contributed by atoms with van der Waals surface area (Å²) in [5.74, 6) is -0.791. The van der Waals surface area contributed by atoms with Gasteiger partial charge < -0.3 is 10.2 Å². The fraction of sp³-hybridized carbons (Fsp3) is 0.875. The van der Waals surface area contributed by atoms with Crippen LogP contribution >= 0.6 is 24.0 Å². The lowest BCUT2D eigenvalue weighted by molar-refractivity contribution is -0.167. The number of alkyl halides is 3. The molecule has 0 fully saturated rings. The van der Waals surface area contributed by atoms with E-state index in [1.165, 1.54) is 0 Å². The van der Waals surface area contributed by atoms with Crippen molar-refractivity contribution in [3.8, 4) is 0 Å². The molecule has 1 rings (SSSR count). The van der Waals surface area contributed by atoms with Gasteiger partial charge in [-0.25, -0.2) is 0 Å². The molecule has 1 heterocycles. The van der Waals surface area contributed by atoms with Crippen molar-refractivity contribution in [1.29, 1.82) is 0 Å². The minimum atomic E-state index is -4.13. The molecule has 0 radical (unpaired) electrons. The Morgan fingerprint density at radius 1 is 1.53 bits per heavy atom. The summed E-state index contributed by atoms with van der Waals surface area (Å²) in [6.07, 6.45) is -4.13. The largest absolute Gasteiger partial charge is 0.393 e. The van der Waals surface area contributed by atoms with Gasteiger partial charge in [-0.2, -0.15) is 13.2 Å².